The molecular formula is C19H21N3O4S. The lowest BCUT2D eigenvalue weighted by atomic mass is 10.1. The predicted octanol–water partition coefficient (Wildman–Crippen LogP) is 1.62. The fourth-order valence-electron chi connectivity index (χ4n) is 3.03. The first-order chi connectivity index (χ1) is 12.7. The fraction of sp³-hybridized carbons (Fsp3) is 0.263. The van der Waals surface area contributed by atoms with E-state index in [9.17, 15) is 18.0 Å². The number of benzene rings is 2. The topological polar surface area (TPSA) is 90.2 Å². The van der Waals surface area contributed by atoms with Crippen LogP contribution in [0.4, 0.5) is 0 Å². The summed E-state index contributed by atoms with van der Waals surface area (Å²) in [5.41, 5.74) is 1.99. The van der Waals surface area contributed by atoms with E-state index in [0.717, 1.165) is 17.3 Å². The minimum atomic E-state index is -3.26. The van der Waals surface area contributed by atoms with Gasteiger partial charge >= 0.3 is 5.69 Å². The SMILES string of the molecule is CC(NC(=O)Cn1c(=O)n(C)c2ccccc21)c1ccc(S(C)(=O)=O)cc1. The molecule has 1 N–H and O–H groups in total. The van der Waals surface area contributed by atoms with E-state index in [1.54, 1.807) is 32.2 Å². The van der Waals surface area contributed by atoms with Gasteiger partial charge in [-0.15, -0.1) is 0 Å². The summed E-state index contributed by atoms with van der Waals surface area (Å²) < 4.78 is 26.0. The van der Waals surface area contributed by atoms with E-state index in [0.29, 0.717) is 5.52 Å². The molecule has 0 aliphatic rings. The summed E-state index contributed by atoms with van der Waals surface area (Å²) in [7, 11) is -1.59. The number of para-hydroxylation sites is 2. The van der Waals surface area contributed by atoms with Crippen molar-refractivity contribution < 1.29 is 13.2 Å². The predicted molar refractivity (Wildman–Crippen MR) is 103 cm³/mol. The molecule has 1 aromatic heterocycles. The Balaban J connectivity index is 1.77. The third-order valence-corrected chi connectivity index (χ3v) is 5.67. The van der Waals surface area contributed by atoms with Gasteiger partial charge in [0.1, 0.15) is 6.54 Å². The molecule has 3 aromatic rings. The molecule has 7 nitrogen and oxygen atoms in total. The van der Waals surface area contributed by atoms with Crippen LogP contribution in [0.5, 0.6) is 0 Å². The Labute approximate surface area is 157 Å². The van der Waals surface area contributed by atoms with Crippen molar-refractivity contribution in [3.05, 3.63) is 64.6 Å². The zero-order valence-electron chi connectivity index (χ0n) is 15.3. The highest BCUT2D eigenvalue weighted by molar-refractivity contribution is 7.90. The van der Waals surface area contributed by atoms with Gasteiger partial charge in [-0.1, -0.05) is 24.3 Å². The largest absolute Gasteiger partial charge is 0.348 e. The average molecular weight is 387 g/mol. The minimum Gasteiger partial charge on any atom is -0.348 e. The summed E-state index contributed by atoms with van der Waals surface area (Å²) in [4.78, 5) is 25.1. The van der Waals surface area contributed by atoms with Crippen LogP contribution in [0.25, 0.3) is 11.0 Å². The van der Waals surface area contributed by atoms with Crippen molar-refractivity contribution in [3.63, 3.8) is 0 Å². The van der Waals surface area contributed by atoms with Gasteiger partial charge in [-0.2, -0.15) is 0 Å². The van der Waals surface area contributed by atoms with Crippen molar-refractivity contribution in [2.75, 3.05) is 6.26 Å². The van der Waals surface area contributed by atoms with E-state index in [1.807, 2.05) is 18.2 Å². The summed E-state index contributed by atoms with van der Waals surface area (Å²) in [6.07, 6.45) is 1.15. The summed E-state index contributed by atoms with van der Waals surface area (Å²) in [6, 6.07) is 13.4. The highest BCUT2D eigenvalue weighted by Gasteiger charge is 2.16. The smallest absolute Gasteiger partial charge is 0.329 e. The molecule has 1 heterocycles. The number of carbonyl (C=O) groups excluding carboxylic acids is 1. The van der Waals surface area contributed by atoms with Crippen LogP contribution in [0.1, 0.15) is 18.5 Å². The Kier molecular flexibility index (Phi) is 4.93. The summed E-state index contributed by atoms with van der Waals surface area (Å²) in [5, 5.41) is 2.85. The van der Waals surface area contributed by atoms with E-state index in [2.05, 4.69) is 5.32 Å². The van der Waals surface area contributed by atoms with Crippen LogP contribution >= 0.6 is 0 Å². The number of sulfone groups is 1. The molecule has 0 saturated carbocycles. The standard InChI is InChI=1S/C19H21N3O4S/c1-13(14-8-10-15(11-9-14)27(3,25)26)20-18(23)12-22-17-7-5-4-6-16(17)21(2)19(22)24/h4-11,13H,12H2,1-3H3,(H,20,23). The lowest BCUT2D eigenvalue weighted by Gasteiger charge is -2.15. The number of carbonyl (C=O) groups is 1. The van der Waals surface area contributed by atoms with Gasteiger partial charge in [0, 0.05) is 13.3 Å². The van der Waals surface area contributed by atoms with Crippen LogP contribution in [0.2, 0.25) is 0 Å². The first-order valence-electron chi connectivity index (χ1n) is 8.42. The Bertz CT molecular complexity index is 1160. The zero-order chi connectivity index (χ0) is 19.8. The van der Waals surface area contributed by atoms with Crippen LogP contribution in [-0.2, 0) is 28.2 Å². The number of hydrogen-bond donors (Lipinski definition) is 1. The molecule has 0 radical (unpaired) electrons. The number of nitrogens with zero attached hydrogens (tertiary/aromatic N) is 2. The number of imidazole rings is 1. The maximum Gasteiger partial charge on any atom is 0.329 e. The molecule has 0 bridgehead atoms. The molecule has 0 spiro atoms. The maximum absolute atomic E-state index is 12.5. The molecular weight excluding hydrogens is 366 g/mol. The Morgan fingerprint density at radius 1 is 1.07 bits per heavy atom. The lowest BCUT2D eigenvalue weighted by Crippen LogP contribution is -2.34. The zero-order valence-corrected chi connectivity index (χ0v) is 16.2. The molecule has 1 amide bonds. The second-order valence-corrected chi connectivity index (χ2v) is 8.56. The first-order valence-corrected chi connectivity index (χ1v) is 10.3. The van der Waals surface area contributed by atoms with Gasteiger partial charge in [0.2, 0.25) is 5.91 Å². The molecule has 27 heavy (non-hydrogen) atoms. The van der Waals surface area contributed by atoms with E-state index in [4.69, 9.17) is 0 Å². The second kappa shape index (κ2) is 7.03. The Hall–Kier alpha value is -2.87. The number of amides is 1. The van der Waals surface area contributed by atoms with Crippen molar-refractivity contribution in [3.8, 4) is 0 Å². The van der Waals surface area contributed by atoms with E-state index < -0.39 is 9.84 Å². The van der Waals surface area contributed by atoms with Crippen LogP contribution in [0.3, 0.4) is 0 Å². The first kappa shape index (κ1) is 18.9. The molecule has 0 aliphatic carbocycles. The Morgan fingerprint density at radius 3 is 2.26 bits per heavy atom. The fourth-order valence-corrected chi connectivity index (χ4v) is 3.66. The van der Waals surface area contributed by atoms with Crippen molar-refractivity contribution in [2.45, 2.75) is 24.4 Å². The molecule has 142 valence electrons. The molecule has 8 heteroatoms. The molecule has 1 atom stereocenters. The summed E-state index contributed by atoms with van der Waals surface area (Å²) >= 11 is 0. The van der Waals surface area contributed by atoms with Gasteiger partial charge in [0.05, 0.1) is 22.0 Å². The van der Waals surface area contributed by atoms with Crippen molar-refractivity contribution >= 4 is 26.8 Å². The van der Waals surface area contributed by atoms with E-state index >= 15 is 0 Å². The quantitative estimate of drug-likeness (QED) is 0.720. The van der Waals surface area contributed by atoms with Crippen LogP contribution in [0.15, 0.2) is 58.2 Å². The van der Waals surface area contributed by atoms with Crippen LogP contribution in [0, 0.1) is 0 Å². The van der Waals surface area contributed by atoms with Crippen molar-refractivity contribution in [1.82, 2.24) is 14.5 Å². The minimum absolute atomic E-state index is 0.0913. The number of rotatable bonds is 5. The van der Waals surface area contributed by atoms with Crippen LogP contribution < -0.4 is 11.0 Å². The summed E-state index contributed by atoms with van der Waals surface area (Å²) in [5.74, 6) is -0.298. The van der Waals surface area contributed by atoms with E-state index in [-0.39, 0.29) is 29.1 Å². The molecule has 0 aliphatic heterocycles. The molecule has 0 saturated heterocycles. The highest BCUT2D eigenvalue weighted by atomic mass is 32.2. The monoisotopic (exact) mass is 387 g/mol. The van der Waals surface area contributed by atoms with Crippen LogP contribution in [-0.4, -0.2) is 29.7 Å². The number of aryl methyl sites for hydroxylation is 1. The number of fused-ring (bicyclic) bond motifs is 1. The molecule has 0 fully saturated rings. The van der Waals surface area contributed by atoms with Gasteiger partial charge in [-0.3, -0.25) is 13.9 Å². The molecule has 3 rings (SSSR count). The van der Waals surface area contributed by atoms with Gasteiger partial charge in [-0.25, -0.2) is 13.2 Å². The van der Waals surface area contributed by atoms with Crippen molar-refractivity contribution in [2.24, 2.45) is 7.05 Å². The second-order valence-electron chi connectivity index (χ2n) is 6.55. The number of hydrogen-bond acceptors (Lipinski definition) is 4. The lowest BCUT2D eigenvalue weighted by molar-refractivity contribution is -0.122. The third kappa shape index (κ3) is 3.80. The maximum atomic E-state index is 12.5. The summed E-state index contributed by atoms with van der Waals surface area (Å²) in [6.45, 7) is 1.71. The van der Waals surface area contributed by atoms with Gasteiger partial charge in [0.15, 0.2) is 9.84 Å². The molecule has 1 unspecified atom stereocenters. The average Bonchev–Trinajstić information content (AvgIpc) is 2.86. The number of aromatic nitrogens is 2. The number of nitrogens with one attached hydrogen (secondary N) is 1. The van der Waals surface area contributed by atoms with E-state index in [1.165, 1.54) is 21.3 Å². The third-order valence-electron chi connectivity index (χ3n) is 4.54. The molecule has 2 aromatic carbocycles. The van der Waals surface area contributed by atoms with Gasteiger partial charge in [-0.05, 0) is 36.8 Å². The van der Waals surface area contributed by atoms with Crippen molar-refractivity contribution in [1.29, 1.82) is 0 Å². The normalized spacial score (nSPS) is 12.9. The Morgan fingerprint density at radius 2 is 1.67 bits per heavy atom. The van der Waals surface area contributed by atoms with Gasteiger partial charge in [0.25, 0.3) is 0 Å². The highest BCUT2D eigenvalue weighted by Crippen LogP contribution is 2.16. The van der Waals surface area contributed by atoms with Gasteiger partial charge < -0.3 is 5.32 Å².